The molecule has 1 saturated carbocycles. The van der Waals surface area contributed by atoms with Gasteiger partial charge in [0.15, 0.2) is 0 Å². The molecule has 1 fully saturated rings. The average Bonchev–Trinajstić information content (AvgIpc) is 2.32. The Morgan fingerprint density at radius 2 is 2.11 bits per heavy atom. The van der Waals surface area contributed by atoms with E-state index in [1.807, 2.05) is 6.07 Å². The van der Waals surface area contributed by atoms with Gasteiger partial charge in [-0.25, -0.2) is 0 Å². The van der Waals surface area contributed by atoms with Gasteiger partial charge in [-0.1, -0.05) is 31.4 Å². The number of hydrogen-bond acceptors (Lipinski definition) is 1. The summed E-state index contributed by atoms with van der Waals surface area (Å²) in [5.74, 6) is 0.600. The topological polar surface area (TPSA) is 29.1 Å². The summed E-state index contributed by atoms with van der Waals surface area (Å²) in [7, 11) is 0. The first-order chi connectivity index (χ1) is 8.58. The molecule has 0 radical (unpaired) electrons. The molecule has 0 aromatic heterocycles. The lowest BCUT2D eigenvalue weighted by Crippen LogP contribution is -2.41. The lowest BCUT2D eigenvalue weighted by molar-refractivity contribution is 0.0909. The smallest absolute Gasteiger partial charge is 0.252 e. The fraction of sp³-hybridized carbons (Fsp3) is 0.500. The zero-order valence-corrected chi connectivity index (χ0v) is 13.3. The highest BCUT2D eigenvalue weighted by Crippen LogP contribution is 2.25. The molecule has 0 heterocycles. The van der Waals surface area contributed by atoms with E-state index >= 15 is 0 Å². The Labute approximate surface area is 127 Å². The lowest BCUT2D eigenvalue weighted by atomic mass is 9.86. The number of carbonyl (C=O) groups is 1. The van der Waals surface area contributed by atoms with Crippen molar-refractivity contribution in [3.05, 3.63) is 32.4 Å². The van der Waals surface area contributed by atoms with Crippen molar-refractivity contribution >= 4 is 40.1 Å². The summed E-state index contributed by atoms with van der Waals surface area (Å²) in [6, 6.07) is 5.70. The fourth-order valence-electron chi connectivity index (χ4n) is 2.45. The van der Waals surface area contributed by atoms with Crippen LogP contribution >= 0.6 is 34.2 Å². The summed E-state index contributed by atoms with van der Waals surface area (Å²) in [6.45, 7) is 2.22. The predicted octanol–water partition coefficient (Wildman–Crippen LogP) is 4.25. The molecule has 0 bridgehead atoms. The number of nitrogens with one attached hydrogen (secondary N) is 1. The first-order valence-electron chi connectivity index (χ1n) is 6.34. The molecule has 2 atom stereocenters. The van der Waals surface area contributed by atoms with Crippen molar-refractivity contribution in [2.75, 3.05) is 0 Å². The highest BCUT2D eigenvalue weighted by atomic mass is 127. The van der Waals surface area contributed by atoms with Gasteiger partial charge < -0.3 is 5.32 Å². The molecule has 1 N–H and O–H groups in total. The zero-order chi connectivity index (χ0) is 13.1. The number of carbonyl (C=O) groups excluding carboxylic acids is 1. The van der Waals surface area contributed by atoms with E-state index < -0.39 is 0 Å². The molecule has 0 spiro atoms. The molecule has 1 aromatic rings. The van der Waals surface area contributed by atoms with Gasteiger partial charge in [0.05, 0.1) is 5.56 Å². The lowest BCUT2D eigenvalue weighted by Gasteiger charge is -2.29. The van der Waals surface area contributed by atoms with E-state index in [1.165, 1.54) is 19.3 Å². The minimum Gasteiger partial charge on any atom is -0.349 e. The summed E-state index contributed by atoms with van der Waals surface area (Å²) in [4.78, 5) is 12.2. The third kappa shape index (κ3) is 3.38. The van der Waals surface area contributed by atoms with E-state index in [1.54, 1.807) is 12.1 Å². The molecule has 1 aliphatic carbocycles. The van der Waals surface area contributed by atoms with Crippen molar-refractivity contribution in [2.24, 2.45) is 5.92 Å². The third-order valence-corrected chi connectivity index (χ3v) is 4.73. The Balaban J connectivity index is 2.07. The molecule has 2 rings (SSSR count). The molecule has 98 valence electrons. The van der Waals surface area contributed by atoms with Crippen LogP contribution in [-0.4, -0.2) is 11.9 Å². The molecular formula is C14H17ClINO. The molecule has 2 nitrogen and oxygen atoms in total. The molecular weight excluding hydrogens is 361 g/mol. The fourth-order valence-corrected chi connectivity index (χ4v) is 3.57. The van der Waals surface area contributed by atoms with Crippen LogP contribution in [0.3, 0.4) is 0 Å². The Hall–Kier alpha value is -0.290. The van der Waals surface area contributed by atoms with E-state index in [-0.39, 0.29) is 5.91 Å². The summed E-state index contributed by atoms with van der Waals surface area (Å²) in [6.07, 6.45) is 4.80. The van der Waals surface area contributed by atoms with Gasteiger partial charge in [-0.3, -0.25) is 4.79 Å². The van der Waals surface area contributed by atoms with Crippen LogP contribution in [0.15, 0.2) is 18.2 Å². The van der Waals surface area contributed by atoms with Crippen LogP contribution in [0.5, 0.6) is 0 Å². The van der Waals surface area contributed by atoms with Crippen molar-refractivity contribution in [2.45, 2.75) is 38.6 Å². The number of hydrogen-bond donors (Lipinski definition) is 1. The minimum absolute atomic E-state index is 0.0230. The van der Waals surface area contributed by atoms with Gasteiger partial charge in [0.1, 0.15) is 0 Å². The largest absolute Gasteiger partial charge is 0.349 e. The highest BCUT2D eigenvalue weighted by molar-refractivity contribution is 14.1. The summed E-state index contributed by atoms with van der Waals surface area (Å²) in [5, 5.41) is 3.83. The van der Waals surface area contributed by atoms with Crippen LogP contribution in [-0.2, 0) is 0 Å². The maximum atomic E-state index is 12.2. The second-order valence-corrected chi connectivity index (χ2v) is 6.56. The van der Waals surface area contributed by atoms with Gasteiger partial charge in [0.2, 0.25) is 0 Å². The third-order valence-electron chi connectivity index (χ3n) is 3.60. The SMILES string of the molecule is CC1CCCCC1NC(=O)c1ccc(Cl)cc1I. The first-order valence-corrected chi connectivity index (χ1v) is 7.79. The van der Waals surface area contributed by atoms with Gasteiger partial charge in [0, 0.05) is 14.6 Å². The van der Waals surface area contributed by atoms with Gasteiger partial charge in [0.25, 0.3) is 5.91 Å². The van der Waals surface area contributed by atoms with Gasteiger partial charge >= 0.3 is 0 Å². The van der Waals surface area contributed by atoms with Crippen LogP contribution in [0, 0.1) is 9.49 Å². The quantitative estimate of drug-likeness (QED) is 0.767. The van der Waals surface area contributed by atoms with E-state index in [2.05, 4.69) is 34.8 Å². The maximum absolute atomic E-state index is 12.2. The molecule has 2 unspecified atom stereocenters. The summed E-state index contributed by atoms with van der Waals surface area (Å²) >= 11 is 8.06. The summed E-state index contributed by atoms with van der Waals surface area (Å²) in [5.41, 5.74) is 0.720. The van der Waals surface area contributed by atoms with E-state index in [0.29, 0.717) is 17.0 Å². The normalized spacial score (nSPS) is 23.7. The van der Waals surface area contributed by atoms with Crippen molar-refractivity contribution in [3.63, 3.8) is 0 Å². The molecule has 18 heavy (non-hydrogen) atoms. The Morgan fingerprint density at radius 1 is 1.39 bits per heavy atom. The molecule has 0 aliphatic heterocycles. The van der Waals surface area contributed by atoms with Crippen LogP contribution < -0.4 is 5.32 Å². The number of benzene rings is 1. The molecule has 0 saturated heterocycles. The van der Waals surface area contributed by atoms with E-state index in [0.717, 1.165) is 15.6 Å². The predicted molar refractivity (Wildman–Crippen MR) is 83.1 cm³/mol. The maximum Gasteiger partial charge on any atom is 0.252 e. The van der Waals surface area contributed by atoms with Crippen LogP contribution in [0.25, 0.3) is 0 Å². The van der Waals surface area contributed by atoms with Gasteiger partial charge in [-0.05, 0) is 59.5 Å². The van der Waals surface area contributed by atoms with E-state index in [4.69, 9.17) is 11.6 Å². The second-order valence-electron chi connectivity index (χ2n) is 4.97. The highest BCUT2D eigenvalue weighted by Gasteiger charge is 2.23. The molecule has 4 heteroatoms. The average molecular weight is 378 g/mol. The molecule has 1 aromatic carbocycles. The standard InChI is InChI=1S/C14H17ClINO/c1-9-4-2-3-5-13(9)17-14(18)11-7-6-10(15)8-12(11)16/h6-9,13H,2-5H2,1H3,(H,17,18). The number of halogens is 2. The Kier molecular flexibility index (Phi) is 4.90. The number of rotatable bonds is 2. The van der Waals surface area contributed by atoms with Gasteiger partial charge in [-0.2, -0.15) is 0 Å². The van der Waals surface area contributed by atoms with Crippen LogP contribution in [0.2, 0.25) is 5.02 Å². The van der Waals surface area contributed by atoms with Crippen LogP contribution in [0.1, 0.15) is 43.0 Å². The van der Waals surface area contributed by atoms with Crippen molar-refractivity contribution in [3.8, 4) is 0 Å². The van der Waals surface area contributed by atoms with Gasteiger partial charge in [-0.15, -0.1) is 0 Å². The Bertz CT molecular complexity index is 449. The Morgan fingerprint density at radius 3 is 2.78 bits per heavy atom. The first kappa shape index (κ1) is 14.1. The zero-order valence-electron chi connectivity index (χ0n) is 10.4. The van der Waals surface area contributed by atoms with Crippen molar-refractivity contribution in [1.82, 2.24) is 5.32 Å². The number of amides is 1. The van der Waals surface area contributed by atoms with Crippen LogP contribution in [0.4, 0.5) is 0 Å². The molecule has 1 amide bonds. The monoisotopic (exact) mass is 377 g/mol. The minimum atomic E-state index is 0.0230. The second kappa shape index (κ2) is 6.24. The van der Waals surface area contributed by atoms with Crippen molar-refractivity contribution in [1.29, 1.82) is 0 Å². The van der Waals surface area contributed by atoms with E-state index in [9.17, 15) is 4.79 Å². The molecule has 1 aliphatic rings. The summed E-state index contributed by atoms with van der Waals surface area (Å²) < 4.78 is 0.904. The van der Waals surface area contributed by atoms with Crippen molar-refractivity contribution < 1.29 is 4.79 Å².